The summed E-state index contributed by atoms with van der Waals surface area (Å²) in [6, 6.07) is 25.5. The van der Waals surface area contributed by atoms with Crippen molar-refractivity contribution in [2.24, 2.45) is 5.10 Å². The van der Waals surface area contributed by atoms with Crippen LogP contribution in [0.15, 0.2) is 77.9 Å². The molecule has 0 spiro atoms. The normalized spacial score (nSPS) is 15.1. The lowest BCUT2D eigenvalue weighted by atomic mass is 10.0. The van der Waals surface area contributed by atoms with E-state index in [2.05, 4.69) is 78.4 Å². The van der Waals surface area contributed by atoms with Crippen LogP contribution in [-0.4, -0.2) is 52.1 Å². The lowest BCUT2D eigenvalue weighted by Crippen LogP contribution is -2.43. The molecule has 5 nitrogen and oxygen atoms in total. The molecule has 4 aromatic rings. The Morgan fingerprint density at radius 1 is 0.844 bits per heavy atom. The molecule has 0 bridgehead atoms. The number of benzene rings is 3. The number of aromatic nitrogens is 2. The third-order valence-electron chi connectivity index (χ3n) is 6.32. The molecule has 0 atom stereocenters. The summed E-state index contributed by atoms with van der Waals surface area (Å²) in [4.78, 5) is 2.53. The third kappa shape index (κ3) is 4.16. The Labute approximate surface area is 189 Å². The van der Waals surface area contributed by atoms with Crippen LogP contribution in [0.25, 0.3) is 16.5 Å². The van der Waals surface area contributed by atoms with Crippen molar-refractivity contribution >= 4 is 17.0 Å². The van der Waals surface area contributed by atoms with Crippen LogP contribution in [-0.2, 0) is 6.54 Å². The standard InChI is InChI=1S/C27H29N5/c1-21-27(22(2)32(29-21)25-12-4-3-5-13-25)19-28-31-17-15-30(16-18-31)20-24-11-8-10-23-9-6-7-14-26(23)24/h3-14,19H,15-18,20H2,1-2H3/b28-19-. The summed E-state index contributed by atoms with van der Waals surface area (Å²) in [5.41, 5.74) is 5.71. The number of hydrogen-bond acceptors (Lipinski definition) is 4. The Hall–Kier alpha value is -3.44. The number of para-hydroxylation sites is 1. The van der Waals surface area contributed by atoms with Crippen LogP contribution in [0.1, 0.15) is 22.5 Å². The summed E-state index contributed by atoms with van der Waals surface area (Å²) in [7, 11) is 0. The van der Waals surface area contributed by atoms with Crippen molar-refractivity contribution < 1.29 is 0 Å². The molecule has 1 fully saturated rings. The van der Waals surface area contributed by atoms with Crippen molar-refractivity contribution in [1.82, 2.24) is 19.7 Å². The molecule has 1 aliphatic heterocycles. The summed E-state index contributed by atoms with van der Waals surface area (Å²) in [5, 5.41) is 14.4. The molecule has 5 heteroatoms. The average molecular weight is 424 g/mol. The molecule has 2 heterocycles. The first-order chi connectivity index (χ1) is 15.7. The van der Waals surface area contributed by atoms with Crippen molar-refractivity contribution in [3.8, 4) is 5.69 Å². The fraction of sp³-hybridized carbons (Fsp3) is 0.259. The van der Waals surface area contributed by atoms with Crippen molar-refractivity contribution in [2.45, 2.75) is 20.4 Å². The smallest absolute Gasteiger partial charge is 0.0689 e. The topological polar surface area (TPSA) is 36.7 Å². The number of hydrogen-bond donors (Lipinski definition) is 0. The minimum absolute atomic E-state index is 0.937. The zero-order chi connectivity index (χ0) is 21.9. The van der Waals surface area contributed by atoms with E-state index in [0.29, 0.717) is 0 Å². The van der Waals surface area contributed by atoms with Crippen molar-refractivity contribution in [3.63, 3.8) is 0 Å². The molecule has 0 radical (unpaired) electrons. The Kier molecular flexibility index (Phi) is 5.73. The maximum absolute atomic E-state index is 4.80. The molecular formula is C27H29N5. The van der Waals surface area contributed by atoms with Crippen molar-refractivity contribution in [2.75, 3.05) is 26.2 Å². The van der Waals surface area contributed by atoms with Gasteiger partial charge in [0.15, 0.2) is 0 Å². The monoisotopic (exact) mass is 423 g/mol. The van der Waals surface area contributed by atoms with Gasteiger partial charge in [0.2, 0.25) is 0 Å². The maximum Gasteiger partial charge on any atom is 0.0689 e. The summed E-state index contributed by atoms with van der Waals surface area (Å²) in [6.45, 7) is 9.05. The van der Waals surface area contributed by atoms with Crippen LogP contribution in [0.3, 0.4) is 0 Å². The lowest BCUT2D eigenvalue weighted by molar-refractivity contribution is 0.131. The van der Waals surface area contributed by atoms with Gasteiger partial charge in [0.1, 0.15) is 0 Å². The fourth-order valence-electron chi connectivity index (χ4n) is 4.48. The van der Waals surface area contributed by atoms with Gasteiger partial charge in [-0.3, -0.25) is 9.91 Å². The van der Waals surface area contributed by atoms with Gasteiger partial charge in [0.25, 0.3) is 0 Å². The van der Waals surface area contributed by atoms with E-state index in [1.54, 1.807) is 0 Å². The molecule has 1 aromatic heterocycles. The van der Waals surface area contributed by atoms with E-state index < -0.39 is 0 Å². The first-order valence-electron chi connectivity index (χ1n) is 11.3. The van der Waals surface area contributed by atoms with Gasteiger partial charge in [-0.15, -0.1) is 0 Å². The molecule has 0 aliphatic carbocycles. The number of fused-ring (bicyclic) bond motifs is 1. The summed E-state index contributed by atoms with van der Waals surface area (Å²) < 4.78 is 2.00. The van der Waals surface area contributed by atoms with Crippen LogP contribution in [0.2, 0.25) is 0 Å². The highest BCUT2D eigenvalue weighted by Crippen LogP contribution is 2.21. The summed E-state index contributed by atoms with van der Waals surface area (Å²) in [5.74, 6) is 0. The van der Waals surface area contributed by atoms with E-state index in [4.69, 9.17) is 10.2 Å². The van der Waals surface area contributed by atoms with Crippen molar-refractivity contribution in [3.05, 3.63) is 95.3 Å². The van der Waals surface area contributed by atoms with Gasteiger partial charge in [-0.05, 0) is 42.3 Å². The highest BCUT2D eigenvalue weighted by atomic mass is 15.5. The number of nitrogens with zero attached hydrogens (tertiary/aromatic N) is 5. The highest BCUT2D eigenvalue weighted by molar-refractivity contribution is 5.85. The molecule has 1 saturated heterocycles. The van der Waals surface area contributed by atoms with Crippen LogP contribution < -0.4 is 0 Å². The van der Waals surface area contributed by atoms with Gasteiger partial charge in [0, 0.05) is 38.3 Å². The zero-order valence-electron chi connectivity index (χ0n) is 18.8. The second kappa shape index (κ2) is 8.97. The molecule has 162 valence electrons. The van der Waals surface area contributed by atoms with Crippen LogP contribution in [0.4, 0.5) is 0 Å². The summed E-state index contributed by atoms with van der Waals surface area (Å²) in [6.07, 6.45) is 1.98. The molecular weight excluding hydrogens is 394 g/mol. The molecule has 0 amide bonds. The molecule has 0 saturated carbocycles. The summed E-state index contributed by atoms with van der Waals surface area (Å²) >= 11 is 0. The number of hydrazone groups is 1. The largest absolute Gasteiger partial charge is 0.295 e. The predicted molar refractivity (Wildman–Crippen MR) is 131 cm³/mol. The van der Waals surface area contributed by atoms with Gasteiger partial charge in [-0.1, -0.05) is 60.7 Å². The SMILES string of the molecule is Cc1nn(-c2ccccc2)c(C)c1/C=N\N1CCN(Cc2cccc3ccccc23)CC1. The second-order valence-electron chi connectivity index (χ2n) is 8.44. The molecule has 1 aliphatic rings. The van der Waals surface area contributed by atoms with Crippen LogP contribution >= 0.6 is 0 Å². The molecule has 5 rings (SSSR count). The van der Waals surface area contributed by atoms with Crippen LogP contribution in [0, 0.1) is 13.8 Å². The average Bonchev–Trinajstić information content (AvgIpc) is 3.12. The van der Waals surface area contributed by atoms with E-state index in [0.717, 1.165) is 55.4 Å². The maximum atomic E-state index is 4.80. The quantitative estimate of drug-likeness (QED) is 0.433. The Morgan fingerprint density at radius 2 is 1.56 bits per heavy atom. The first kappa shape index (κ1) is 20.5. The van der Waals surface area contributed by atoms with Gasteiger partial charge in [-0.2, -0.15) is 10.2 Å². The van der Waals surface area contributed by atoms with Gasteiger partial charge >= 0.3 is 0 Å². The van der Waals surface area contributed by atoms with E-state index in [1.807, 2.05) is 29.1 Å². The Bertz CT molecular complexity index is 1230. The highest BCUT2D eigenvalue weighted by Gasteiger charge is 2.17. The minimum atomic E-state index is 0.937. The Balaban J connectivity index is 1.23. The van der Waals surface area contributed by atoms with Gasteiger partial charge in [-0.25, -0.2) is 4.68 Å². The van der Waals surface area contributed by atoms with E-state index in [1.165, 1.54) is 16.3 Å². The number of piperazine rings is 1. The molecule has 32 heavy (non-hydrogen) atoms. The fourth-order valence-corrected chi connectivity index (χ4v) is 4.48. The van der Waals surface area contributed by atoms with E-state index >= 15 is 0 Å². The van der Waals surface area contributed by atoms with E-state index in [9.17, 15) is 0 Å². The first-order valence-corrected chi connectivity index (χ1v) is 11.3. The zero-order valence-corrected chi connectivity index (χ0v) is 18.8. The number of rotatable bonds is 5. The third-order valence-corrected chi connectivity index (χ3v) is 6.32. The Morgan fingerprint density at radius 3 is 2.38 bits per heavy atom. The predicted octanol–water partition coefficient (Wildman–Crippen LogP) is 4.79. The van der Waals surface area contributed by atoms with Crippen LogP contribution in [0.5, 0.6) is 0 Å². The minimum Gasteiger partial charge on any atom is -0.295 e. The van der Waals surface area contributed by atoms with Crippen molar-refractivity contribution in [1.29, 1.82) is 0 Å². The number of aryl methyl sites for hydroxylation is 1. The van der Waals surface area contributed by atoms with E-state index in [-0.39, 0.29) is 0 Å². The molecule has 3 aromatic carbocycles. The lowest BCUT2D eigenvalue weighted by Gasteiger charge is -2.33. The molecule has 0 N–H and O–H groups in total. The molecule has 0 unspecified atom stereocenters. The second-order valence-corrected chi connectivity index (χ2v) is 8.44. The van der Waals surface area contributed by atoms with Gasteiger partial charge in [0.05, 0.1) is 23.3 Å². The van der Waals surface area contributed by atoms with Gasteiger partial charge < -0.3 is 0 Å².